The van der Waals surface area contributed by atoms with Crippen molar-refractivity contribution in [2.75, 3.05) is 13.7 Å². The summed E-state index contributed by atoms with van der Waals surface area (Å²) in [5.74, 6) is -2.98. The van der Waals surface area contributed by atoms with Gasteiger partial charge >= 0.3 is 0 Å². The van der Waals surface area contributed by atoms with Gasteiger partial charge in [-0.3, -0.25) is 4.79 Å². The Labute approximate surface area is 144 Å². The lowest BCUT2D eigenvalue weighted by molar-refractivity contribution is 0.0993. The topological polar surface area (TPSA) is 43.6 Å². The molecule has 0 spiro atoms. The summed E-state index contributed by atoms with van der Waals surface area (Å²) in [4.78, 5) is 16.3. The third kappa shape index (κ3) is 3.49. The lowest BCUT2D eigenvalue weighted by Crippen LogP contribution is -2.20. The van der Waals surface area contributed by atoms with Crippen molar-refractivity contribution in [1.29, 1.82) is 0 Å². The molecule has 4 nitrogen and oxygen atoms in total. The Balaban J connectivity index is 2.19. The number of fused-ring (bicyclic) bond motifs is 1. The zero-order valence-electron chi connectivity index (χ0n) is 13.1. The average Bonchev–Trinajstić information content (AvgIpc) is 2.90. The normalized spacial score (nSPS) is 12.1. The number of carbonyl (C=O) groups excluding carboxylic acids is 1. The van der Waals surface area contributed by atoms with E-state index in [2.05, 4.69) is 4.99 Å². The van der Waals surface area contributed by atoms with E-state index >= 15 is 0 Å². The number of benzene rings is 2. The fourth-order valence-corrected chi connectivity index (χ4v) is 3.48. The fraction of sp³-hybridized carbons (Fsp3) is 0.176. The average molecular weight is 366 g/mol. The lowest BCUT2D eigenvalue weighted by Gasteiger charge is -2.05. The van der Waals surface area contributed by atoms with E-state index in [1.54, 1.807) is 0 Å². The van der Waals surface area contributed by atoms with Gasteiger partial charge in [-0.1, -0.05) is 23.5 Å². The third-order valence-corrected chi connectivity index (χ3v) is 4.54. The van der Waals surface area contributed by atoms with Gasteiger partial charge in [-0.2, -0.15) is 4.99 Å². The number of halogens is 3. The van der Waals surface area contributed by atoms with Crippen molar-refractivity contribution in [1.82, 2.24) is 4.57 Å². The van der Waals surface area contributed by atoms with Crippen LogP contribution in [-0.4, -0.2) is 24.2 Å². The maximum absolute atomic E-state index is 14.2. The van der Waals surface area contributed by atoms with Gasteiger partial charge in [0.25, 0.3) is 5.91 Å². The van der Waals surface area contributed by atoms with Gasteiger partial charge in [0.05, 0.1) is 22.4 Å². The number of amides is 1. The Bertz CT molecular complexity index is 1010. The third-order valence-electron chi connectivity index (χ3n) is 3.52. The van der Waals surface area contributed by atoms with Crippen molar-refractivity contribution in [3.05, 3.63) is 64.2 Å². The molecule has 0 atom stereocenters. The van der Waals surface area contributed by atoms with Crippen LogP contribution in [-0.2, 0) is 11.3 Å². The summed E-state index contributed by atoms with van der Waals surface area (Å²) in [5, 5.41) is 0. The van der Waals surface area contributed by atoms with Crippen molar-refractivity contribution in [3.63, 3.8) is 0 Å². The minimum absolute atomic E-state index is 0.128. The monoisotopic (exact) mass is 366 g/mol. The number of methoxy groups -OCH3 is 1. The largest absolute Gasteiger partial charge is 0.383 e. The summed E-state index contributed by atoms with van der Waals surface area (Å²) in [6, 6.07) is 7.38. The first-order chi connectivity index (χ1) is 12.0. The summed E-state index contributed by atoms with van der Waals surface area (Å²) in [6.45, 7) is 0.451. The molecule has 3 aromatic rings. The first-order valence-corrected chi connectivity index (χ1v) is 8.14. The fourth-order valence-electron chi connectivity index (χ4n) is 2.39. The van der Waals surface area contributed by atoms with E-state index in [-0.39, 0.29) is 29.0 Å². The minimum Gasteiger partial charge on any atom is -0.383 e. The molecule has 1 heterocycles. The van der Waals surface area contributed by atoms with Crippen molar-refractivity contribution >= 4 is 27.5 Å². The molecule has 2 aromatic carbocycles. The van der Waals surface area contributed by atoms with E-state index in [0.29, 0.717) is 4.70 Å². The molecule has 25 heavy (non-hydrogen) atoms. The highest BCUT2D eigenvalue weighted by Gasteiger charge is 2.15. The summed E-state index contributed by atoms with van der Waals surface area (Å²) in [5.41, 5.74) is -0.0616. The molecule has 130 valence electrons. The molecular formula is C17H13F3N2O2S. The number of aromatic nitrogens is 1. The van der Waals surface area contributed by atoms with E-state index in [4.69, 9.17) is 4.74 Å². The molecular weight excluding hydrogens is 353 g/mol. The molecule has 0 saturated heterocycles. The quantitative estimate of drug-likeness (QED) is 0.709. The lowest BCUT2D eigenvalue weighted by atomic mass is 10.2. The molecule has 0 N–H and O–H groups in total. The predicted octanol–water partition coefficient (Wildman–Crippen LogP) is 3.51. The van der Waals surface area contributed by atoms with Gasteiger partial charge in [0.1, 0.15) is 11.6 Å². The van der Waals surface area contributed by atoms with Crippen LogP contribution in [0.3, 0.4) is 0 Å². The van der Waals surface area contributed by atoms with Crippen LogP contribution in [0.15, 0.2) is 41.4 Å². The Hall–Kier alpha value is -2.45. The standard InChI is InChI=1S/C17H13F3N2O2S/c1-24-7-6-22-15-13(20)8-10(18)9-14(15)25-17(22)21-16(23)11-4-2-3-5-12(11)19/h2-5,8-9H,6-7H2,1H3. The highest BCUT2D eigenvalue weighted by Crippen LogP contribution is 2.22. The number of hydrogen-bond acceptors (Lipinski definition) is 3. The molecule has 0 aliphatic heterocycles. The summed E-state index contributed by atoms with van der Waals surface area (Å²) in [6.07, 6.45) is 0. The number of rotatable bonds is 4. The van der Waals surface area contributed by atoms with Crippen LogP contribution in [0.4, 0.5) is 13.2 Å². The molecule has 0 radical (unpaired) electrons. The highest BCUT2D eigenvalue weighted by atomic mass is 32.1. The summed E-state index contributed by atoms with van der Waals surface area (Å²) in [7, 11) is 1.48. The van der Waals surface area contributed by atoms with Crippen LogP contribution >= 0.6 is 11.3 Å². The first-order valence-electron chi connectivity index (χ1n) is 7.32. The van der Waals surface area contributed by atoms with E-state index in [1.165, 1.54) is 35.9 Å². The number of nitrogens with zero attached hydrogens (tertiary/aromatic N) is 2. The van der Waals surface area contributed by atoms with Crippen LogP contribution in [0.5, 0.6) is 0 Å². The number of ether oxygens (including phenoxy) is 1. The van der Waals surface area contributed by atoms with E-state index < -0.39 is 23.4 Å². The zero-order chi connectivity index (χ0) is 18.0. The van der Waals surface area contributed by atoms with Gasteiger partial charge in [-0.05, 0) is 18.2 Å². The first kappa shape index (κ1) is 17.4. The maximum Gasteiger partial charge on any atom is 0.282 e. The van der Waals surface area contributed by atoms with Crippen LogP contribution in [0.1, 0.15) is 10.4 Å². The van der Waals surface area contributed by atoms with Gasteiger partial charge in [0.15, 0.2) is 10.6 Å². The molecule has 1 amide bonds. The predicted molar refractivity (Wildman–Crippen MR) is 87.9 cm³/mol. The van der Waals surface area contributed by atoms with Crippen LogP contribution in [0.2, 0.25) is 0 Å². The number of hydrogen-bond donors (Lipinski definition) is 0. The molecule has 3 rings (SSSR count). The van der Waals surface area contributed by atoms with Crippen LogP contribution in [0.25, 0.3) is 10.2 Å². The summed E-state index contributed by atoms with van der Waals surface area (Å²) >= 11 is 0.949. The second-order valence-corrected chi connectivity index (χ2v) is 6.17. The molecule has 0 fully saturated rings. The van der Waals surface area contributed by atoms with Gasteiger partial charge in [-0.15, -0.1) is 0 Å². The Kier molecular flexibility index (Phi) is 5.00. The van der Waals surface area contributed by atoms with Gasteiger partial charge in [-0.25, -0.2) is 13.2 Å². The maximum atomic E-state index is 14.2. The Morgan fingerprint density at radius 3 is 2.68 bits per heavy atom. The van der Waals surface area contributed by atoms with Crippen molar-refractivity contribution in [3.8, 4) is 0 Å². The van der Waals surface area contributed by atoms with E-state index in [0.717, 1.165) is 23.5 Å². The second kappa shape index (κ2) is 7.20. The molecule has 0 aliphatic carbocycles. The van der Waals surface area contributed by atoms with Crippen molar-refractivity contribution in [2.24, 2.45) is 4.99 Å². The molecule has 0 bridgehead atoms. The van der Waals surface area contributed by atoms with Crippen LogP contribution in [0, 0.1) is 17.5 Å². The van der Waals surface area contributed by atoms with Crippen LogP contribution < -0.4 is 4.80 Å². The van der Waals surface area contributed by atoms with Crippen molar-refractivity contribution in [2.45, 2.75) is 6.54 Å². The molecule has 0 aliphatic rings. The minimum atomic E-state index is -0.795. The van der Waals surface area contributed by atoms with Crippen molar-refractivity contribution < 1.29 is 22.7 Å². The van der Waals surface area contributed by atoms with E-state index in [9.17, 15) is 18.0 Å². The second-order valence-electron chi connectivity index (χ2n) is 5.16. The van der Waals surface area contributed by atoms with Gasteiger partial charge < -0.3 is 9.30 Å². The molecule has 8 heteroatoms. The van der Waals surface area contributed by atoms with E-state index in [1.807, 2.05) is 0 Å². The zero-order valence-corrected chi connectivity index (χ0v) is 13.9. The SMILES string of the molecule is COCCn1c(=NC(=O)c2ccccc2F)sc2cc(F)cc(F)c21. The molecule has 1 aromatic heterocycles. The smallest absolute Gasteiger partial charge is 0.282 e. The molecule has 0 unspecified atom stereocenters. The number of carbonyl (C=O) groups is 1. The highest BCUT2D eigenvalue weighted by molar-refractivity contribution is 7.16. The molecule has 0 saturated carbocycles. The Morgan fingerprint density at radius 2 is 1.96 bits per heavy atom. The summed E-state index contributed by atoms with van der Waals surface area (Å²) < 4.78 is 48.1. The Morgan fingerprint density at radius 1 is 1.20 bits per heavy atom. The van der Waals surface area contributed by atoms with Gasteiger partial charge in [0.2, 0.25) is 0 Å². The number of thiazole rings is 1. The van der Waals surface area contributed by atoms with Gasteiger partial charge in [0, 0.05) is 19.7 Å².